The molecule has 0 fully saturated rings. The molecular weight excluding hydrogens is 282 g/mol. The van der Waals surface area contributed by atoms with Gasteiger partial charge in [-0.3, -0.25) is 5.10 Å². The maximum Gasteiger partial charge on any atom is 0.258 e. The van der Waals surface area contributed by atoms with Gasteiger partial charge in [-0.2, -0.15) is 10.1 Å². The zero-order valence-electron chi connectivity index (χ0n) is 10.3. The van der Waals surface area contributed by atoms with Crippen molar-refractivity contribution in [3.8, 4) is 23.1 Å². The smallest absolute Gasteiger partial charge is 0.258 e. The third kappa shape index (κ3) is 2.30. The van der Waals surface area contributed by atoms with Gasteiger partial charge in [0.25, 0.3) is 5.89 Å². The zero-order valence-corrected chi connectivity index (χ0v) is 11.1. The summed E-state index contributed by atoms with van der Waals surface area (Å²) in [5.41, 5.74) is 0.621. The molecule has 20 heavy (non-hydrogen) atoms. The summed E-state index contributed by atoms with van der Waals surface area (Å²) in [5, 5.41) is 10.1. The Morgan fingerprint density at radius 3 is 2.55 bits per heavy atom. The molecule has 0 saturated heterocycles. The number of rotatable bonds is 3. The molecule has 0 spiro atoms. The van der Waals surface area contributed by atoms with Gasteiger partial charge in [0.05, 0.1) is 4.90 Å². The van der Waals surface area contributed by atoms with Crippen LogP contribution >= 0.6 is 0 Å². The molecule has 0 aliphatic carbocycles. The number of hydrogen-bond acceptors (Lipinski definition) is 7. The van der Waals surface area contributed by atoms with Crippen LogP contribution in [-0.2, 0) is 9.84 Å². The van der Waals surface area contributed by atoms with Crippen LogP contribution in [0.4, 0.5) is 0 Å². The maximum atomic E-state index is 11.4. The quantitative estimate of drug-likeness (QED) is 0.763. The molecule has 9 heteroatoms. The van der Waals surface area contributed by atoms with Crippen molar-refractivity contribution < 1.29 is 12.9 Å². The molecule has 0 aliphatic heterocycles. The average Bonchev–Trinajstić information content (AvgIpc) is 3.09. The van der Waals surface area contributed by atoms with E-state index in [2.05, 4.69) is 25.3 Å². The van der Waals surface area contributed by atoms with Crippen molar-refractivity contribution >= 4 is 9.84 Å². The summed E-state index contributed by atoms with van der Waals surface area (Å²) in [5.74, 6) is 0.953. The molecule has 0 radical (unpaired) electrons. The standard InChI is InChI=1S/C11H9N5O3S/c1-20(17,18)8-4-2-7(3-5-8)11-14-10(16-19-11)9-12-6-13-15-9/h2-6H,1H3,(H,12,13,15). The van der Waals surface area contributed by atoms with Crippen LogP contribution in [0.5, 0.6) is 0 Å². The van der Waals surface area contributed by atoms with E-state index in [1.54, 1.807) is 12.1 Å². The molecule has 3 aromatic rings. The first-order chi connectivity index (χ1) is 9.54. The van der Waals surface area contributed by atoms with Crippen LogP contribution in [0.1, 0.15) is 0 Å². The Morgan fingerprint density at radius 2 is 1.95 bits per heavy atom. The number of sulfone groups is 1. The fourth-order valence-corrected chi connectivity index (χ4v) is 2.23. The van der Waals surface area contributed by atoms with Crippen LogP contribution in [0.25, 0.3) is 23.1 Å². The second kappa shape index (κ2) is 4.53. The molecular formula is C11H9N5O3S. The predicted molar refractivity (Wildman–Crippen MR) is 68.2 cm³/mol. The number of aromatic nitrogens is 5. The third-order valence-corrected chi connectivity index (χ3v) is 3.71. The van der Waals surface area contributed by atoms with Crippen molar-refractivity contribution in [2.75, 3.05) is 6.26 Å². The van der Waals surface area contributed by atoms with Gasteiger partial charge in [-0.15, -0.1) is 0 Å². The summed E-state index contributed by atoms with van der Waals surface area (Å²) < 4.78 is 27.8. The van der Waals surface area contributed by atoms with E-state index in [0.717, 1.165) is 6.26 Å². The first kappa shape index (κ1) is 12.5. The summed E-state index contributed by atoms with van der Waals surface area (Å²) >= 11 is 0. The summed E-state index contributed by atoms with van der Waals surface area (Å²) in [6.07, 6.45) is 2.49. The molecule has 1 N–H and O–H groups in total. The summed E-state index contributed by atoms with van der Waals surface area (Å²) in [4.78, 5) is 8.30. The molecule has 102 valence electrons. The Balaban J connectivity index is 1.94. The van der Waals surface area contributed by atoms with Crippen molar-refractivity contribution in [2.45, 2.75) is 4.90 Å². The number of benzene rings is 1. The first-order valence-corrected chi connectivity index (χ1v) is 7.43. The number of hydrogen-bond donors (Lipinski definition) is 1. The van der Waals surface area contributed by atoms with Crippen LogP contribution in [-0.4, -0.2) is 40.0 Å². The lowest BCUT2D eigenvalue weighted by Gasteiger charge is -1.98. The molecule has 0 aliphatic rings. The lowest BCUT2D eigenvalue weighted by atomic mass is 10.2. The van der Waals surface area contributed by atoms with E-state index >= 15 is 0 Å². The third-order valence-electron chi connectivity index (χ3n) is 2.58. The molecule has 2 heterocycles. The molecule has 2 aromatic heterocycles. The number of aromatic amines is 1. The van der Waals surface area contributed by atoms with E-state index < -0.39 is 9.84 Å². The van der Waals surface area contributed by atoms with Gasteiger partial charge in [-0.05, 0) is 24.3 Å². The van der Waals surface area contributed by atoms with E-state index in [1.807, 2.05) is 0 Å². The van der Waals surface area contributed by atoms with Crippen molar-refractivity contribution in [1.82, 2.24) is 25.3 Å². The fourth-order valence-electron chi connectivity index (χ4n) is 1.59. The summed E-state index contributed by atoms with van der Waals surface area (Å²) in [7, 11) is -3.22. The topological polar surface area (TPSA) is 115 Å². The van der Waals surface area contributed by atoms with E-state index in [-0.39, 0.29) is 16.6 Å². The lowest BCUT2D eigenvalue weighted by molar-refractivity contribution is 0.432. The molecule has 0 unspecified atom stereocenters. The normalized spacial score (nSPS) is 11.7. The Hall–Kier alpha value is -2.55. The van der Waals surface area contributed by atoms with Crippen LogP contribution in [0, 0.1) is 0 Å². The minimum absolute atomic E-state index is 0.233. The highest BCUT2D eigenvalue weighted by molar-refractivity contribution is 7.90. The predicted octanol–water partition coefficient (Wildman–Crippen LogP) is 0.925. The zero-order chi connectivity index (χ0) is 14.2. The minimum Gasteiger partial charge on any atom is -0.334 e. The largest absolute Gasteiger partial charge is 0.334 e. The highest BCUT2D eigenvalue weighted by Crippen LogP contribution is 2.21. The van der Waals surface area contributed by atoms with Crippen LogP contribution in [0.2, 0.25) is 0 Å². The summed E-state index contributed by atoms with van der Waals surface area (Å²) in [6.45, 7) is 0. The van der Waals surface area contributed by atoms with Gasteiger partial charge in [0.1, 0.15) is 6.33 Å². The summed E-state index contributed by atoms with van der Waals surface area (Å²) in [6, 6.07) is 6.19. The molecule has 0 atom stereocenters. The van der Waals surface area contributed by atoms with Gasteiger partial charge >= 0.3 is 0 Å². The van der Waals surface area contributed by atoms with Crippen molar-refractivity contribution in [3.05, 3.63) is 30.6 Å². The Labute approximate surface area is 113 Å². The average molecular weight is 291 g/mol. The van der Waals surface area contributed by atoms with E-state index in [0.29, 0.717) is 11.4 Å². The van der Waals surface area contributed by atoms with Gasteiger partial charge < -0.3 is 4.52 Å². The van der Waals surface area contributed by atoms with Gasteiger partial charge in [-0.25, -0.2) is 13.4 Å². The second-order valence-electron chi connectivity index (χ2n) is 4.05. The molecule has 3 rings (SSSR count). The Morgan fingerprint density at radius 1 is 1.20 bits per heavy atom. The molecule has 0 bridgehead atoms. The first-order valence-electron chi connectivity index (χ1n) is 5.54. The van der Waals surface area contributed by atoms with Crippen molar-refractivity contribution in [2.24, 2.45) is 0 Å². The van der Waals surface area contributed by atoms with Crippen LogP contribution in [0.15, 0.2) is 40.0 Å². The van der Waals surface area contributed by atoms with Crippen LogP contribution < -0.4 is 0 Å². The van der Waals surface area contributed by atoms with Gasteiger partial charge in [0, 0.05) is 11.8 Å². The maximum absolute atomic E-state index is 11.4. The molecule has 0 saturated carbocycles. The lowest BCUT2D eigenvalue weighted by Crippen LogP contribution is -1.96. The van der Waals surface area contributed by atoms with Crippen LogP contribution in [0.3, 0.4) is 0 Å². The monoisotopic (exact) mass is 291 g/mol. The SMILES string of the molecule is CS(=O)(=O)c1ccc(-c2nc(-c3ncn[nH]3)no2)cc1. The Kier molecular flexibility index (Phi) is 2.83. The van der Waals surface area contributed by atoms with Gasteiger partial charge in [0.15, 0.2) is 15.7 Å². The second-order valence-corrected chi connectivity index (χ2v) is 6.07. The van der Waals surface area contributed by atoms with Gasteiger partial charge in [0.2, 0.25) is 5.82 Å². The van der Waals surface area contributed by atoms with E-state index in [4.69, 9.17) is 4.52 Å². The number of nitrogens with zero attached hydrogens (tertiary/aromatic N) is 4. The van der Waals surface area contributed by atoms with E-state index in [9.17, 15) is 8.42 Å². The highest BCUT2D eigenvalue weighted by atomic mass is 32.2. The van der Waals surface area contributed by atoms with Crippen molar-refractivity contribution in [3.63, 3.8) is 0 Å². The Bertz CT molecular complexity index is 821. The van der Waals surface area contributed by atoms with E-state index in [1.165, 1.54) is 18.5 Å². The van der Waals surface area contributed by atoms with Gasteiger partial charge in [-0.1, -0.05) is 5.16 Å². The number of H-pyrrole nitrogens is 1. The molecule has 0 amide bonds. The highest BCUT2D eigenvalue weighted by Gasteiger charge is 2.13. The molecule has 8 nitrogen and oxygen atoms in total. The minimum atomic E-state index is -3.22. The molecule has 1 aromatic carbocycles. The number of nitrogens with one attached hydrogen (secondary N) is 1. The van der Waals surface area contributed by atoms with Crippen molar-refractivity contribution in [1.29, 1.82) is 0 Å². The fraction of sp³-hybridized carbons (Fsp3) is 0.0909.